The molecule has 0 aliphatic carbocycles. The molecule has 0 aliphatic heterocycles. The van der Waals surface area contributed by atoms with Crippen LogP contribution in [0.4, 0.5) is 70.2 Å². The third-order valence-electron chi connectivity index (χ3n) is 3.35. The largest absolute Gasteiger partial charge is 0.460 e. The minimum atomic E-state index is -8.47. The molecule has 188 valence electrons. The molecule has 0 aromatic carbocycles. The fraction of sp³-hybridized carbons (Fsp3) is 1.00. The monoisotopic (exact) mass is 568 g/mol. The molecule has 1 atom stereocenters. The van der Waals surface area contributed by atoms with Crippen LogP contribution < -0.4 is 0 Å². The Morgan fingerprint density at radius 3 is 1.32 bits per heavy atom. The van der Waals surface area contributed by atoms with Crippen LogP contribution in [-0.2, 0) is 9.47 Å². The summed E-state index contributed by atoms with van der Waals surface area (Å²) in [5.41, 5.74) is 0. The number of hydrogen-bond donors (Lipinski definition) is 0. The van der Waals surface area contributed by atoms with E-state index in [1.54, 1.807) is 0 Å². The van der Waals surface area contributed by atoms with E-state index in [0.717, 1.165) is 0 Å². The zero-order valence-corrected chi connectivity index (χ0v) is 15.7. The predicted molar refractivity (Wildman–Crippen MR) is 71.2 cm³/mol. The number of hydrogen-bond acceptors (Lipinski definition) is 2. The fourth-order valence-corrected chi connectivity index (χ4v) is 1.82. The van der Waals surface area contributed by atoms with Crippen LogP contribution >= 0.6 is 15.9 Å². The molecular weight excluding hydrogens is 560 g/mol. The van der Waals surface area contributed by atoms with Crippen LogP contribution in [-0.4, -0.2) is 73.2 Å². The normalized spacial score (nSPS) is 16.5. The summed E-state index contributed by atoms with van der Waals surface area (Å²) < 4.78 is 214. The Morgan fingerprint density at radius 2 is 0.935 bits per heavy atom. The first-order valence-electron chi connectivity index (χ1n) is 7.21. The summed E-state index contributed by atoms with van der Waals surface area (Å²) in [6.45, 7) is -2.44. The van der Waals surface area contributed by atoms with Crippen molar-refractivity contribution in [2.45, 2.75) is 48.1 Å². The van der Waals surface area contributed by atoms with Gasteiger partial charge < -0.3 is 9.47 Å². The van der Waals surface area contributed by atoms with Gasteiger partial charge >= 0.3 is 41.7 Å². The van der Waals surface area contributed by atoms with Crippen LogP contribution in [0.25, 0.3) is 0 Å². The molecule has 1 unspecified atom stereocenters. The lowest BCUT2D eigenvalue weighted by Crippen LogP contribution is -2.73. The van der Waals surface area contributed by atoms with Crippen molar-refractivity contribution in [3.63, 3.8) is 0 Å². The topological polar surface area (TPSA) is 18.5 Å². The fourth-order valence-electron chi connectivity index (χ4n) is 1.59. The molecule has 0 rings (SSSR count). The second-order valence-electron chi connectivity index (χ2n) is 5.48. The molecule has 0 spiro atoms. The van der Waals surface area contributed by atoms with Crippen molar-refractivity contribution in [3.8, 4) is 0 Å². The quantitative estimate of drug-likeness (QED) is 0.161. The molecule has 0 aromatic heterocycles. The van der Waals surface area contributed by atoms with Crippen molar-refractivity contribution in [1.29, 1.82) is 0 Å². The second kappa shape index (κ2) is 9.26. The molecule has 0 fully saturated rings. The highest BCUT2D eigenvalue weighted by molar-refractivity contribution is 9.09. The minimum Gasteiger partial charge on any atom is -0.378 e. The molecular formula is C12H9BrF16O2. The maximum absolute atomic E-state index is 13.4. The van der Waals surface area contributed by atoms with Gasteiger partial charge in [-0.2, -0.15) is 65.9 Å². The van der Waals surface area contributed by atoms with E-state index in [-0.39, 0.29) is 11.9 Å². The van der Waals surface area contributed by atoms with Gasteiger partial charge in [-0.3, -0.25) is 0 Å². The Labute approximate surface area is 169 Å². The molecule has 2 nitrogen and oxygen atoms in total. The maximum atomic E-state index is 13.4. The van der Waals surface area contributed by atoms with Crippen molar-refractivity contribution in [2.24, 2.45) is 0 Å². The second-order valence-corrected chi connectivity index (χ2v) is 6.27. The highest BCUT2D eigenvalue weighted by atomic mass is 79.9. The van der Waals surface area contributed by atoms with Gasteiger partial charge in [0.1, 0.15) is 0 Å². The average molecular weight is 569 g/mol. The SMILES string of the molecule is FC(OCCOCCBr)C(F)(F)C(F)(F)C(F)(F)C(F)(F)C(F)(F)C(F)(F)C(F)(F)F. The van der Waals surface area contributed by atoms with E-state index in [1.807, 2.05) is 0 Å². The molecule has 0 aliphatic rings. The van der Waals surface area contributed by atoms with Gasteiger partial charge in [0.25, 0.3) is 6.36 Å². The Balaban J connectivity index is 6.03. The molecule has 0 radical (unpaired) electrons. The summed E-state index contributed by atoms with van der Waals surface area (Å²) in [6, 6.07) is 0. The first-order valence-corrected chi connectivity index (χ1v) is 8.33. The van der Waals surface area contributed by atoms with E-state index in [9.17, 15) is 70.2 Å². The van der Waals surface area contributed by atoms with E-state index in [1.165, 1.54) is 0 Å². The molecule has 19 heteroatoms. The summed E-state index contributed by atoms with van der Waals surface area (Å²) in [5, 5.41) is 0.109. The van der Waals surface area contributed by atoms with Crippen molar-refractivity contribution in [3.05, 3.63) is 0 Å². The molecule has 0 N–H and O–H groups in total. The van der Waals surface area contributed by atoms with Crippen LogP contribution in [0, 0.1) is 0 Å². The lowest BCUT2D eigenvalue weighted by atomic mass is 9.91. The Hall–Kier alpha value is -0.720. The number of ether oxygens (including phenoxy) is 2. The summed E-state index contributed by atoms with van der Waals surface area (Å²) in [6.07, 6.45) is -12.6. The number of rotatable bonds is 12. The van der Waals surface area contributed by atoms with E-state index >= 15 is 0 Å². The minimum absolute atomic E-state index is 0.109. The molecule has 0 aromatic rings. The predicted octanol–water partition coefficient (Wildman–Crippen LogP) is 6.08. The van der Waals surface area contributed by atoms with Gasteiger partial charge in [0.15, 0.2) is 0 Å². The average Bonchev–Trinajstić information content (AvgIpc) is 2.59. The molecule has 0 saturated carbocycles. The van der Waals surface area contributed by atoms with Gasteiger partial charge in [-0.05, 0) is 0 Å². The maximum Gasteiger partial charge on any atom is 0.460 e. The van der Waals surface area contributed by atoms with Crippen LogP contribution in [0.5, 0.6) is 0 Å². The van der Waals surface area contributed by atoms with Gasteiger partial charge in [-0.25, -0.2) is 4.39 Å². The van der Waals surface area contributed by atoms with Crippen LogP contribution in [0.2, 0.25) is 0 Å². The Morgan fingerprint density at radius 1 is 0.548 bits per heavy atom. The highest BCUT2D eigenvalue weighted by Gasteiger charge is 2.94. The van der Waals surface area contributed by atoms with Crippen molar-refractivity contribution < 1.29 is 79.7 Å². The molecule has 0 saturated heterocycles. The molecule has 0 bridgehead atoms. The van der Waals surface area contributed by atoms with Gasteiger partial charge in [0, 0.05) is 5.33 Å². The first-order chi connectivity index (χ1) is 13.5. The van der Waals surface area contributed by atoms with Gasteiger partial charge in [0.05, 0.1) is 19.8 Å². The highest BCUT2D eigenvalue weighted by Crippen LogP contribution is 2.62. The van der Waals surface area contributed by atoms with E-state index in [4.69, 9.17) is 0 Å². The van der Waals surface area contributed by atoms with E-state index < -0.39 is 61.3 Å². The summed E-state index contributed by atoms with van der Waals surface area (Å²) >= 11 is 2.77. The third-order valence-corrected chi connectivity index (χ3v) is 3.67. The van der Waals surface area contributed by atoms with Crippen LogP contribution in [0.1, 0.15) is 0 Å². The zero-order valence-electron chi connectivity index (χ0n) is 14.1. The van der Waals surface area contributed by atoms with E-state index in [2.05, 4.69) is 25.4 Å². The molecule has 0 amide bonds. The third kappa shape index (κ3) is 4.96. The number of alkyl halides is 17. The van der Waals surface area contributed by atoms with Crippen molar-refractivity contribution in [2.75, 3.05) is 25.2 Å². The van der Waals surface area contributed by atoms with Crippen LogP contribution in [0.15, 0.2) is 0 Å². The number of halogens is 17. The summed E-state index contributed by atoms with van der Waals surface area (Å²) in [7, 11) is 0. The zero-order chi connectivity index (χ0) is 25.3. The van der Waals surface area contributed by atoms with Crippen molar-refractivity contribution >= 4 is 15.9 Å². The Bertz CT molecular complexity index is 590. The van der Waals surface area contributed by atoms with Gasteiger partial charge in [-0.1, -0.05) is 15.9 Å². The van der Waals surface area contributed by atoms with Crippen molar-refractivity contribution in [1.82, 2.24) is 0 Å². The summed E-state index contributed by atoms with van der Waals surface area (Å²) in [5.74, 6) is -48.3. The van der Waals surface area contributed by atoms with Gasteiger partial charge in [0.2, 0.25) is 0 Å². The van der Waals surface area contributed by atoms with Gasteiger partial charge in [-0.15, -0.1) is 0 Å². The smallest absolute Gasteiger partial charge is 0.378 e. The first kappa shape index (κ1) is 30.3. The molecule has 0 heterocycles. The molecule has 31 heavy (non-hydrogen) atoms. The standard InChI is InChI=1S/C12H9BrF16O2/c13-1-2-30-3-4-31-5(14)6(15,16)7(17,18)8(19,20)9(21,22)10(23,24)11(25,26)12(27,28)29/h5H,1-4H2. The van der Waals surface area contributed by atoms with E-state index in [0.29, 0.717) is 0 Å². The Kier molecular flexibility index (Phi) is 9.05. The van der Waals surface area contributed by atoms with Crippen LogP contribution in [0.3, 0.4) is 0 Å². The summed E-state index contributed by atoms with van der Waals surface area (Å²) in [4.78, 5) is 0. The lowest BCUT2D eigenvalue weighted by molar-refractivity contribution is -0.458. The lowest BCUT2D eigenvalue weighted by Gasteiger charge is -2.41.